The number of nitrogens with zero attached hydrogens (tertiary/aromatic N) is 1. The Kier molecular flexibility index (Phi) is 12.4. The molecule has 1 atom stereocenters. The molecule has 1 aromatic carbocycles. The molecule has 0 saturated carbocycles. The highest BCUT2D eigenvalue weighted by atomic mass is 35.5. The molecule has 0 aliphatic rings. The van der Waals surface area contributed by atoms with E-state index in [2.05, 4.69) is 10.3 Å². The summed E-state index contributed by atoms with van der Waals surface area (Å²) in [6.07, 6.45) is 4.32. The Hall–Kier alpha value is -1.24. The third kappa shape index (κ3) is 7.17. The molecule has 0 spiro atoms. The van der Waals surface area contributed by atoms with Crippen molar-refractivity contribution in [1.82, 2.24) is 10.3 Å². The Morgan fingerprint density at radius 1 is 1.27 bits per heavy atom. The van der Waals surface area contributed by atoms with Gasteiger partial charge in [-0.3, -0.25) is 4.98 Å². The van der Waals surface area contributed by atoms with Crippen LogP contribution in [-0.2, 0) is 13.2 Å². The third-order valence-corrected chi connectivity index (χ3v) is 3.98. The van der Waals surface area contributed by atoms with Crippen LogP contribution in [-0.4, -0.2) is 29.8 Å². The molecule has 0 fully saturated rings. The molecule has 26 heavy (non-hydrogen) atoms. The zero-order valence-corrected chi connectivity index (χ0v) is 17.2. The van der Waals surface area contributed by atoms with E-state index in [1.165, 1.54) is 0 Å². The van der Waals surface area contributed by atoms with Gasteiger partial charge in [-0.15, -0.1) is 24.8 Å². The van der Waals surface area contributed by atoms with Crippen LogP contribution in [0.15, 0.2) is 36.7 Å². The second-order valence-electron chi connectivity index (χ2n) is 5.43. The first-order chi connectivity index (χ1) is 11.7. The molecule has 2 N–H and O–H groups in total. The van der Waals surface area contributed by atoms with Gasteiger partial charge in [0.15, 0.2) is 11.5 Å². The average Bonchev–Trinajstić information content (AvgIpc) is 2.62. The van der Waals surface area contributed by atoms with Crippen molar-refractivity contribution in [1.29, 1.82) is 0 Å². The molecule has 2 rings (SSSR count). The lowest BCUT2D eigenvalue weighted by molar-refractivity contribution is 0.238. The highest BCUT2D eigenvalue weighted by Crippen LogP contribution is 2.37. The molecule has 0 aliphatic carbocycles. The minimum atomic E-state index is 0. The monoisotopic (exact) mass is 422 g/mol. The van der Waals surface area contributed by atoms with Crippen molar-refractivity contribution in [2.75, 3.05) is 13.7 Å². The maximum atomic E-state index is 9.24. The van der Waals surface area contributed by atoms with E-state index in [0.717, 1.165) is 17.5 Å². The number of hydrogen-bond donors (Lipinski definition) is 2. The third-order valence-electron chi connectivity index (χ3n) is 3.70. The first kappa shape index (κ1) is 24.8. The lowest BCUT2D eigenvalue weighted by Crippen LogP contribution is -2.31. The lowest BCUT2D eigenvalue weighted by atomic mass is 10.1. The molecule has 0 radical (unpaired) electrons. The predicted molar refractivity (Wildman–Crippen MR) is 109 cm³/mol. The Bertz CT molecular complexity index is 641. The van der Waals surface area contributed by atoms with Gasteiger partial charge in [0.05, 0.1) is 18.7 Å². The van der Waals surface area contributed by atoms with E-state index in [4.69, 9.17) is 21.1 Å². The second-order valence-corrected chi connectivity index (χ2v) is 5.83. The fourth-order valence-electron chi connectivity index (χ4n) is 2.25. The Morgan fingerprint density at radius 2 is 2.04 bits per heavy atom. The molecule has 0 aliphatic heterocycles. The smallest absolute Gasteiger partial charge is 0.180 e. The normalized spacial score (nSPS) is 11.1. The quantitative estimate of drug-likeness (QED) is 0.637. The van der Waals surface area contributed by atoms with Crippen molar-refractivity contribution in [3.63, 3.8) is 0 Å². The molecule has 146 valence electrons. The summed E-state index contributed by atoms with van der Waals surface area (Å²) in [5.41, 5.74) is 1.92. The number of aliphatic hydroxyl groups is 1. The van der Waals surface area contributed by atoms with Gasteiger partial charge in [0.25, 0.3) is 0 Å². The number of aromatic nitrogens is 1. The van der Waals surface area contributed by atoms with Gasteiger partial charge in [-0.2, -0.15) is 0 Å². The number of pyridine rings is 1. The summed E-state index contributed by atoms with van der Waals surface area (Å²) in [6.45, 7) is 3.09. The summed E-state index contributed by atoms with van der Waals surface area (Å²) in [5.74, 6) is 1.10. The number of nitrogens with one attached hydrogen (secondary N) is 1. The number of aliphatic hydroxyl groups excluding tert-OH is 1. The van der Waals surface area contributed by atoms with Gasteiger partial charge < -0.3 is 19.9 Å². The van der Waals surface area contributed by atoms with Crippen molar-refractivity contribution in [3.8, 4) is 11.5 Å². The SMILES string of the molecule is CCC(CO)NCc1cc(Cl)c(OCc2cccnc2)c(OC)c1.Cl.Cl. The molecular weight excluding hydrogens is 399 g/mol. The first-order valence-corrected chi connectivity index (χ1v) is 8.28. The second kappa shape index (κ2) is 13.0. The highest BCUT2D eigenvalue weighted by molar-refractivity contribution is 6.32. The Balaban J connectivity index is 0.00000312. The standard InChI is InChI=1S/C18H23ClN2O3.2ClH/c1-3-15(11-22)21-10-14-7-16(19)18(17(8-14)23-2)24-12-13-5-4-6-20-9-13;;/h4-9,15,21-22H,3,10-12H2,1-2H3;2*1H. The van der Waals surface area contributed by atoms with E-state index in [1.807, 2.05) is 31.2 Å². The average molecular weight is 424 g/mol. The maximum Gasteiger partial charge on any atom is 0.180 e. The number of methoxy groups -OCH3 is 1. The van der Waals surface area contributed by atoms with Crippen LogP contribution < -0.4 is 14.8 Å². The zero-order chi connectivity index (χ0) is 17.4. The van der Waals surface area contributed by atoms with E-state index in [1.54, 1.807) is 19.5 Å². The number of hydrogen-bond acceptors (Lipinski definition) is 5. The van der Waals surface area contributed by atoms with E-state index < -0.39 is 0 Å². The van der Waals surface area contributed by atoms with Crippen molar-refractivity contribution in [2.45, 2.75) is 32.5 Å². The summed E-state index contributed by atoms with van der Waals surface area (Å²) in [5, 5.41) is 13.0. The lowest BCUT2D eigenvalue weighted by Gasteiger charge is -2.17. The van der Waals surface area contributed by atoms with Crippen molar-refractivity contribution < 1.29 is 14.6 Å². The summed E-state index contributed by atoms with van der Waals surface area (Å²) in [6, 6.07) is 7.60. The molecule has 1 aromatic heterocycles. The van der Waals surface area contributed by atoms with Crippen molar-refractivity contribution in [2.24, 2.45) is 0 Å². The van der Waals surface area contributed by atoms with E-state index in [-0.39, 0.29) is 37.5 Å². The summed E-state index contributed by atoms with van der Waals surface area (Å²) < 4.78 is 11.2. The van der Waals surface area contributed by atoms with Gasteiger partial charge >= 0.3 is 0 Å². The number of rotatable bonds is 9. The van der Waals surface area contributed by atoms with Crippen LogP contribution in [0, 0.1) is 0 Å². The van der Waals surface area contributed by atoms with E-state index in [9.17, 15) is 5.11 Å². The zero-order valence-electron chi connectivity index (χ0n) is 14.8. The van der Waals surface area contributed by atoms with Crippen LogP contribution in [0.5, 0.6) is 11.5 Å². The Morgan fingerprint density at radius 3 is 2.62 bits per heavy atom. The van der Waals surface area contributed by atoms with Gasteiger partial charge in [-0.25, -0.2) is 0 Å². The Labute approximate surface area is 171 Å². The molecule has 0 bridgehead atoms. The highest BCUT2D eigenvalue weighted by Gasteiger charge is 2.13. The molecule has 1 heterocycles. The molecule has 8 heteroatoms. The molecule has 1 unspecified atom stereocenters. The van der Waals surface area contributed by atoms with Crippen LogP contribution in [0.25, 0.3) is 0 Å². The largest absolute Gasteiger partial charge is 0.493 e. The minimum absolute atomic E-state index is 0. The van der Waals surface area contributed by atoms with Crippen LogP contribution in [0.1, 0.15) is 24.5 Å². The van der Waals surface area contributed by atoms with Crippen LogP contribution in [0.4, 0.5) is 0 Å². The van der Waals surface area contributed by atoms with Gasteiger partial charge in [0.2, 0.25) is 0 Å². The van der Waals surface area contributed by atoms with E-state index >= 15 is 0 Å². The molecule has 5 nitrogen and oxygen atoms in total. The summed E-state index contributed by atoms with van der Waals surface area (Å²) in [7, 11) is 1.59. The van der Waals surface area contributed by atoms with Crippen molar-refractivity contribution >= 4 is 36.4 Å². The number of halogens is 3. The molecule has 2 aromatic rings. The minimum Gasteiger partial charge on any atom is -0.493 e. The number of ether oxygens (including phenoxy) is 2. The van der Waals surface area contributed by atoms with Gasteiger partial charge in [0.1, 0.15) is 6.61 Å². The molecule has 0 amide bonds. The first-order valence-electron chi connectivity index (χ1n) is 7.90. The van der Waals surface area contributed by atoms with Gasteiger partial charge in [0, 0.05) is 30.5 Å². The molecule has 0 saturated heterocycles. The molecular formula is C18H25Cl3N2O3. The van der Waals surface area contributed by atoms with Gasteiger partial charge in [-0.05, 0) is 30.2 Å². The summed E-state index contributed by atoms with van der Waals surface area (Å²) in [4.78, 5) is 4.06. The maximum absolute atomic E-state index is 9.24. The topological polar surface area (TPSA) is 63.6 Å². The van der Waals surface area contributed by atoms with Crippen LogP contribution in [0.3, 0.4) is 0 Å². The van der Waals surface area contributed by atoms with Crippen LogP contribution in [0.2, 0.25) is 5.02 Å². The fraction of sp³-hybridized carbons (Fsp3) is 0.389. The predicted octanol–water partition coefficient (Wildman–Crippen LogP) is 4.03. The van der Waals surface area contributed by atoms with Gasteiger partial charge in [-0.1, -0.05) is 24.6 Å². The van der Waals surface area contributed by atoms with E-state index in [0.29, 0.717) is 29.7 Å². The van der Waals surface area contributed by atoms with Crippen LogP contribution >= 0.6 is 36.4 Å². The fourth-order valence-corrected chi connectivity index (χ4v) is 2.54. The summed E-state index contributed by atoms with van der Waals surface area (Å²) >= 11 is 6.36. The number of benzene rings is 1. The van der Waals surface area contributed by atoms with Crippen molar-refractivity contribution in [3.05, 3.63) is 52.8 Å².